The molecule has 1 aromatic carbocycles. The van der Waals surface area contributed by atoms with E-state index in [1.165, 1.54) is 6.20 Å². The maximum absolute atomic E-state index is 5.98. The number of nitrogens with zero attached hydrogens (tertiary/aromatic N) is 2. The number of nitrogens with two attached hydrogens (primary N) is 1. The van der Waals surface area contributed by atoms with E-state index in [-0.39, 0.29) is 0 Å². The van der Waals surface area contributed by atoms with Gasteiger partial charge in [0.2, 0.25) is 5.95 Å². The van der Waals surface area contributed by atoms with E-state index in [1.807, 2.05) is 24.3 Å². The van der Waals surface area contributed by atoms with Gasteiger partial charge in [-0.2, -0.15) is 4.98 Å². The van der Waals surface area contributed by atoms with Gasteiger partial charge in [-0.15, -0.1) is 0 Å². The SMILES string of the molecule is NNc1ncc(Cl)c(NCc2ccc(Br)cc2)n1. The van der Waals surface area contributed by atoms with Gasteiger partial charge in [-0.25, -0.2) is 10.8 Å². The average molecular weight is 329 g/mol. The number of aromatic nitrogens is 2. The number of rotatable bonds is 4. The summed E-state index contributed by atoms with van der Waals surface area (Å²) in [6, 6.07) is 7.97. The van der Waals surface area contributed by atoms with Crippen LogP contribution in [0.5, 0.6) is 0 Å². The fraction of sp³-hybridized carbons (Fsp3) is 0.0909. The number of hydrazine groups is 1. The molecule has 5 nitrogen and oxygen atoms in total. The number of benzene rings is 1. The topological polar surface area (TPSA) is 75.9 Å². The number of nitrogen functional groups attached to an aromatic ring is 1. The van der Waals surface area contributed by atoms with Gasteiger partial charge < -0.3 is 5.32 Å². The number of halogens is 2. The van der Waals surface area contributed by atoms with Crippen molar-refractivity contribution < 1.29 is 0 Å². The Morgan fingerprint density at radius 2 is 2.00 bits per heavy atom. The summed E-state index contributed by atoms with van der Waals surface area (Å²) in [5, 5.41) is 3.58. The Hall–Kier alpha value is -1.37. The predicted molar refractivity (Wildman–Crippen MR) is 76.3 cm³/mol. The first-order chi connectivity index (χ1) is 8.69. The highest BCUT2D eigenvalue weighted by Crippen LogP contribution is 2.20. The van der Waals surface area contributed by atoms with Crippen molar-refractivity contribution in [2.24, 2.45) is 5.84 Å². The molecule has 0 saturated heterocycles. The Morgan fingerprint density at radius 1 is 1.28 bits per heavy atom. The number of hydrogen-bond acceptors (Lipinski definition) is 5. The fourth-order valence-electron chi connectivity index (χ4n) is 1.35. The molecule has 0 aliphatic rings. The van der Waals surface area contributed by atoms with E-state index in [2.05, 4.69) is 36.6 Å². The second-order valence-corrected chi connectivity index (χ2v) is 4.84. The molecule has 1 aromatic heterocycles. The van der Waals surface area contributed by atoms with Crippen molar-refractivity contribution in [1.29, 1.82) is 0 Å². The van der Waals surface area contributed by atoms with E-state index in [4.69, 9.17) is 17.4 Å². The molecule has 4 N–H and O–H groups in total. The van der Waals surface area contributed by atoms with Crippen molar-refractivity contribution in [3.63, 3.8) is 0 Å². The zero-order chi connectivity index (χ0) is 13.0. The molecule has 1 heterocycles. The van der Waals surface area contributed by atoms with E-state index in [0.717, 1.165) is 10.0 Å². The van der Waals surface area contributed by atoms with Crippen LogP contribution < -0.4 is 16.6 Å². The predicted octanol–water partition coefficient (Wildman–Crippen LogP) is 2.79. The summed E-state index contributed by atoms with van der Waals surface area (Å²) in [6.45, 7) is 0.619. The fourth-order valence-corrected chi connectivity index (χ4v) is 1.77. The molecule has 2 rings (SSSR count). The molecule has 0 saturated carbocycles. The van der Waals surface area contributed by atoms with Crippen LogP contribution in [0.1, 0.15) is 5.56 Å². The lowest BCUT2D eigenvalue weighted by Gasteiger charge is -2.08. The summed E-state index contributed by atoms with van der Waals surface area (Å²) in [5.41, 5.74) is 3.49. The molecule has 0 aliphatic carbocycles. The lowest BCUT2D eigenvalue weighted by atomic mass is 10.2. The van der Waals surface area contributed by atoms with E-state index in [9.17, 15) is 0 Å². The third-order valence-corrected chi connectivity index (χ3v) is 3.05. The van der Waals surface area contributed by atoms with Crippen molar-refractivity contribution in [2.45, 2.75) is 6.54 Å². The van der Waals surface area contributed by atoms with Gasteiger partial charge in [-0.1, -0.05) is 39.7 Å². The molecule has 18 heavy (non-hydrogen) atoms. The minimum Gasteiger partial charge on any atom is -0.365 e. The van der Waals surface area contributed by atoms with Crippen molar-refractivity contribution in [2.75, 3.05) is 10.7 Å². The summed E-state index contributed by atoms with van der Waals surface area (Å²) in [6.07, 6.45) is 1.49. The van der Waals surface area contributed by atoms with Crippen LogP contribution in [-0.4, -0.2) is 9.97 Å². The van der Waals surface area contributed by atoms with Crippen LogP contribution in [0, 0.1) is 0 Å². The molecule has 2 aromatic rings. The molecular weight excluding hydrogens is 318 g/mol. The highest BCUT2D eigenvalue weighted by atomic mass is 79.9. The highest BCUT2D eigenvalue weighted by molar-refractivity contribution is 9.10. The summed E-state index contributed by atoms with van der Waals surface area (Å²) in [4.78, 5) is 8.02. The first-order valence-electron chi connectivity index (χ1n) is 5.16. The van der Waals surface area contributed by atoms with Crippen LogP contribution in [0.25, 0.3) is 0 Å². The van der Waals surface area contributed by atoms with Crippen LogP contribution >= 0.6 is 27.5 Å². The Kier molecular flexibility index (Phi) is 4.35. The molecule has 94 valence electrons. The third-order valence-electron chi connectivity index (χ3n) is 2.25. The molecule has 0 fully saturated rings. The Morgan fingerprint density at radius 3 is 2.67 bits per heavy atom. The second kappa shape index (κ2) is 5.99. The maximum Gasteiger partial charge on any atom is 0.239 e. The first kappa shape index (κ1) is 13.1. The molecule has 0 radical (unpaired) electrons. The smallest absolute Gasteiger partial charge is 0.239 e. The van der Waals surface area contributed by atoms with Crippen LogP contribution in [0.2, 0.25) is 5.02 Å². The quantitative estimate of drug-likeness (QED) is 0.594. The standard InChI is InChI=1S/C11H11BrClN5/c12-8-3-1-7(2-4-8)5-15-10-9(13)6-16-11(17-10)18-14/h1-4,6H,5,14H2,(H2,15,16,17,18). The van der Waals surface area contributed by atoms with Gasteiger partial charge in [0.1, 0.15) is 5.02 Å². The average Bonchev–Trinajstić information content (AvgIpc) is 2.40. The zero-order valence-corrected chi connectivity index (χ0v) is 11.7. The summed E-state index contributed by atoms with van der Waals surface area (Å²) < 4.78 is 1.04. The zero-order valence-electron chi connectivity index (χ0n) is 9.32. The van der Waals surface area contributed by atoms with Crippen molar-refractivity contribution in [3.05, 3.63) is 45.5 Å². The summed E-state index contributed by atoms with van der Waals surface area (Å²) in [5.74, 6) is 6.10. The monoisotopic (exact) mass is 327 g/mol. The Balaban J connectivity index is 2.07. The molecule has 0 bridgehead atoms. The molecule has 0 aliphatic heterocycles. The second-order valence-electron chi connectivity index (χ2n) is 3.51. The molecule has 0 amide bonds. The largest absolute Gasteiger partial charge is 0.365 e. The number of anilines is 2. The lowest BCUT2D eigenvalue weighted by molar-refractivity contribution is 1.07. The minimum absolute atomic E-state index is 0.317. The number of hydrogen-bond donors (Lipinski definition) is 3. The molecule has 0 spiro atoms. The van der Waals surface area contributed by atoms with Crippen LogP contribution in [-0.2, 0) is 6.54 Å². The van der Waals surface area contributed by atoms with E-state index in [0.29, 0.717) is 23.3 Å². The maximum atomic E-state index is 5.98. The van der Waals surface area contributed by atoms with Gasteiger partial charge in [0.25, 0.3) is 0 Å². The Bertz CT molecular complexity index is 531. The first-order valence-corrected chi connectivity index (χ1v) is 6.33. The van der Waals surface area contributed by atoms with Crippen LogP contribution in [0.15, 0.2) is 34.9 Å². The Labute approximate surface area is 118 Å². The minimum atomic E-state index is 0.317. The van der Waals surface area contributed by atoms with Crippen LogP contribution in [0.3, 0.4) is 0 Å². The lowest BCUT2D eigenvalue weighted by Crippen LogP contribution is -2.12. The molecule has 7 heteroatoms. The third kappa shape index (κ3) is 3.32. The highest BCUT2D eigenvalue weighted by Gasteiger charge is 2.04. The van der Waals surface area contributed by atoms with Crippen molar-refractivity contribution in [1.82, 2.24) is 9.97 Å². The van der Waals surface area contributed by atoms with Crippen molar-refractivity contribution in [3.8, 4) is 0 Å². The van der Waals surface area contributed by atoms with E-state index in [1.54, 1.807) is 0 Å². The van der Waals surface area contributed by atoms with Gasteiger partial charge in [-0.3, -0.25) is 5.43 Å². The summed E-state index contributed by atoms with van der Waals surface area (Å²) >= 11 is 9.37. The van der Waals surface area contributed by atoms with E-state index >= 15 is 0 Å². The summed E-state index contributed by atoms with van der Waals surface area (Å²) in [7, 11) is 0. The molecule has 0 atom stereocenters. The molecular formula is C11H11BrClN5. The van der Waals surface area contributed by atoms with Crippen molar-refractivity contribution >= 4 is 39.3 Å². The van der Waals surface area contributed by atoms with E-state index < -0.39 is 0 Å². The van der Waals surface area contributed by atoms with Gasteiger partial charge >= 0.3 is 0 Å². The van der Waals surface area contributed by atoms with Gasteiger partial charge in [0, 0.05) is 11.0 Å². The van der Waals surface area contributed by atoms with Gasteiger partial charge in [0.05, 0.1) is 6.20 Å². The van der Waals surface area contributed by atoms with Gasteiger partial charge in [0.15, 0.2) is 5.82 Å². The molecule has 0 unspecified atom stereocenters. The number of nitrogens with one attached hydrogen (secondary N) is 2. The van der Waals surface area contributed by atoms with Crippen LogP contribution in [0.4, 0.5) is 11.8 Å². The van der Waals surface area contributed by atoms with Gasteiger partial charge in [-0.05, 0) is 17.7 Å². The normalized spacial score (nSPS) is 10.2.